The number of hydrogen-bond donors (Lipinski definition) is 0. The summed E-state index contributed by atoms with van der Waals surface area (Å²) in [5.41, 5.74) is 0.763. The van der Waals surface area contributed by atoms with Gasteiger partial charge in [-0.25, -0.2) is 4.39 Å². The monoisotopic (exact) mass is 216 g/mol. The summed E-state index contributed by atoms with van der Waals surface area (Å²) in [6.45, 7) is 1.69. The van der Waals surface area contributed by atoms with Gasteiger partial charge in [-0.1, -0.05) is 12.1 Å². The van der Waals surface area contributed by atoms with Crippen molar-refractivity contribution in [3.63, 3.8) is 0 Å². The largest absolute Gasteiger partial charge is 0.281 e. The lowest BCUT2D eigenvalue weighted by Crippen LogP contribution is -1.96. The first-order valence-electron chi connectivity index (χ1n) is 3.08. The van der Waals surface area contributed by atoms with E-state index >= 15 is 0 Å². The second-order valence-corrected chi connectivity index (χ2v) is 2.93. The molecule has 0 amide bonds. The van der Waals surface area contributed by atoms with Gasteiger partial charge in [0, 0.05) is 0 Å². The first-order chi connectivity index (χ1) is 5.13. The molecular weight excluding hydrogens is 211 g/mol. The molecule has 1 rings (SSSR count). The predicted molar refractivity (Wildman–Crippen MR) is 44.4 cm³/mol. The molecule has 0 atom stereocenters. The minimum atomic E-state index is -0.480. The number of aryl methyl sites for hydroxylation is 1. The Morgan fingerprint density at radius 3 is 2.55 bits per heavy atom. The van der Waals surface area contributed by atoms with Gasteiger partial charge in [0.15, 0.2) is 0 Å². The number of rotatable bonds is 1. The van der Waals surface area contributed by atoms with E-state index in [0.717, 1.165) is 0 Å². The summed E-state index contributed by atoms with van der Waals surface area (Å²) >= 11 is 2.71. The van der Waals surface area contributed by atoms with Gasteiger partial charge in [-0.05, 0) is 34.5 Å². The molecule has 0 heterocycles. The first-order valence-corrected chi connectivity index (χ1v) is 3.87. The van der Waals surface area contributed by atoms with Crippen LogP contribution in [0.25, 0.3) is 0 Å². The van der Waals surface area contributed by atoms with Crippen molar-refractivity contribution in [2.24, 2.45) is 0 Å². The lowest BCUT2D eigenvalue weighted by molar-refractivity contribution is 0.109. The van der Waals surface area contributed by atoms with Crippen LogP contribution in [-0.4, -0.2) is 4.69 Å². The summed E-state index contributed by atoms with van der Waals surface area (Å²) in [6.07, 6.45) is 0. The molecule has 0 saturated carbocycles. The molecule has 0 unspecified atom stereocenters. The van der Waals surface area contributed by atoms with E-state index in [1.54, 1.807) is 19.1 Å². The Balaban J connectivity index is 3.32. The van der Waals surface area contributed by atoms with E-state index in [1.807, 2.05) is 0 Å². The smallest absolute Gasteiger partial charge is 0.231 e. The Bertz CT molecular complexity index is 276. The number of hydrogen-bond acceptors (Lipinski definition) is 1. The summed E-state index contributed by atoms with van der Waals surface area (Å²) in [5, 5.41) is 0. The van der Waals surface area contributed by atoms with Crippen molar-refractivity contribution in [1.29, 1.82) is 0 Å². The molecule has 58 valence electrons. The van der Waals surface area contributed by atoms with Crippen LogP contribution in [0.4, 0.5) is 4.39 Å². The van der Waals surface area contributed by atoms with E-state index in [2.05, 4.69) is 15.9 Å². The summed E-state index contributed by atoms with van der Waals surface area (Å²) in [5.74, 6) is -0.480. The molecule has 1 aromatic carbocycles. The molecule has 0 saturated heterocycles. The van der Waals surface area contributed by atoms with Crippen molar-refractivity contribution < 1.29 is 9.18 Å². The third-order valence-corrected chi connectivity index (χ3v) is 1.81. The van der Waals surface area contributed by atoms with Crippen LogP contribution in [0, 0.1) is 12.7 Å². The van der Waals surface area contributed by atoms with Crippen molar-refractivity contribution in [2.45, 2.75) is 6.92 Å². The third-order valence-electron chi connectivity index (χ3n) is 1.42. The van der Waals surface area contributed by atoms with Gasteiger partial charge < -0.3 is 0 Å². The molecule has 0 N–H and O–H groups in total. The Hall–Kier alpha value is -0.700. The van der Waals surface area contributed by atoms with E-state index < -0.39 is 10.5 Å². The van der Waals surface area contributed by atoms with Gasteiger partial charge in [0.05, 0.1) is 5.56 Å². The summed E-state index contributed by atoms with van der Waals surface area (Å²) < 4.78 is 12.4. The molecule has 0 radical (unpaired) electrons. The molecular formula is C8H6BrFO. The topological polar surface area (TPSA) is 17.1 Å². The highest BCUT2D eigenvalue weighted by Crippen LogP contribution is 2.15. The van der Waals surface area contributed by atoms with Crippen LogP contribution in [-0.2, 0) is 0 Å². The lowest BCUT2D eigenvalue weighted by Gasteiger charge is -1.99. The van der Waals surface area contributed by atoms with Gasteiger partial charge in [-0.3, -0.25) is 4.79 Å². The normalized spacial score (nSPS) is 9.73. The van der Waals surface area contributed by atoms with Crippen LogP contribution in [0.3, 0.4) is 0 Å². The van der Waals surface area contributed by atoms with Crippen molar-refractivity contribution in [3.8, 4) is 0 Å². The minimum Gasteiger partial charge on any atom is -0.281 e. The highest BCUT2D eigenvalue weighted by Gasteiger charge is 2.10. The van der Waals surface area contributed by atoms with E-state index in [-0.39, 0.29) is 5.56 Å². The Labute approximate surface area is 72.4 Å². The Kier molecular flexibility index (Phi) is 2.39. The average Bonchev–Trinajstić information content (AvgIpc) is 1.85. The fourth-order valence-electron chi connectivity index (χ4n) is 0.881. The number of carbonyl (C=O) groups is 1. The van der Waals surface area contributed by atoms with Crippen LogP contribution in [0.5, 0.6) is 0 Å². The number of benzene rings is 1. The summed E-state index contributed by atoms with van der Waals surface area (Å²) in [7, 11) is 0. The van der Waals surface area contributed by atoms with Crippen LogP contribution in [0.15, 0.2) is 18.2 Å². The van der Waals surface area contributed by atoms with E-state index in [4.69, 9.17) is 0 Å². The van der Waals surface area contributed by atoms with Crippen LogP contribution in [0.1, 0.15) is 15.9 Å². The van der Waals surface area contributed by atoms with Gasteiger partial charge in [-0.15, -0.1) is 0 Å². The molecule has 0 fully saturated rings. The third kappa shape index (κ3) is 1.66. The maximum atomic E-state index is 12.9. The first kappa shape index (κ1) is 8.40. The summed E-state index contributed by atoms with van der Waals surface area (Å²) in [6, 6.07) is 4.53. The molecule has 11 heavy (non-hydrogen) atoms. The average molecular weight is 217 g/mol. The number of carbonyl (C=O) groups excluding carboxylic acids is 1. The zero-order valence-corrected chi connectivity index (χ0v) is 7.48. The standard InChI is InChI=1S/C8H6BrFO/c1-5-3-2-4-6(10)7(5)8(9)11/h2-4H,1H3. The molecule has 0 aliphatic carbocycles. The van der Waals surface area contributed by atoms with Gasteiger partial charge in [-0.2, -0.15) is 0 Å². The number of halogens is 2. The second kappa shape index (κ2) is 3.13. The fraction of sp³-hybridized carbons (Fsp3) is 0.125. The van der Waals surface area contributed by atoms with Crippen molar-refractivity contribution in [2.75, 3.05) is 0 Å². The van der Waals surface area contributed by atoms with E-state index in [1.165, 1.54) is 6.07 Å². The predicted octanol–water partition coefficient (Wildman–Crippen LogP) is 2.67. The molecule has 3 heteroatoms. The van der Waals surface area contributed by atoms with Gasteiger partial charge in [0.2, 0.25) is 4.69 Å². The Morgan fingerprint density at radius 1 is 1.55 bits per heavy atom. The van der Waals surface area contributed by atoms with Crippen molar-refractivity contribution >= 4 is 20.6 Å². The van der Waals surface area contributed by atoms with Gasteiger partial charge >= 0.3 is 0 Å². The molecule has 0 bridgehead atoms. The highest BCUT2D eigenvalue weighted by atomic mass is 79.9. The maximum Gasteiger partial charge on any atom is 0.231 e. The molecule has 0 spiro atoms. The lowest BCUT2D eigenvalue weighted by atomic mass is 10.1. The van der Waals surface area contributed by atoms with Crippen molar-refractivity contribution in [1.82, 2.24) is 0 Å². The molecule has 1 aromatic rings. The zero-order chi connectivity index (χ0) is 8.43. The van der Waals surface area contributed by atoms with Crippen LogP contribution < -0.4 is 0 Å². The fourth-order valence-corrected chi connectivity index (χ4v) is 1.38. The van der Waals surface area contributed by atoms with Crippen molar-refractivity contribution in [3.05, 3.63) is 35.1 Å². The second-order valence-electron chi connectivity index (χ2n) is 2.21. The van der Waals surface area contributed by atoms with Gasteiger partial charge in [0.1, 0.15) is 5.82 Å². The SMILES string of the molecule is Cc1cccc(F)c1C(=O)Br. The molecule has 1 nitrogen and oxygen atoms in total. The van der Waals surface area contributed by atoms with Crippen LogP contribution in [0.2, 0.25) is 0 Å². The molecule has 0 aliphatic rings. The quantitative estimate of drug-likeness (QED) is 0.661. The molecule has 0 aliphatic heterocycles. The van der Waals surface area contributed by atoms with E-state index in [9.17, 15) is 9.18 Å². The highest BCUT2D eigenvalue weighted by molar-refractivity contribution is 9.18. The van der Waals surface area contributed by atoms with E-state index in [0.29, 0.717) is 5.56 Å². The summed E-state index contributed by atoms with van der Waals surface area (Å²) in [4.78, 5) is 10.8. The van der Waals surface area contributed by atoms with Crippen LogP contribution >= 0.6 is 15.9 Å². The van der Waals surface area contributed by atoms with Gasteiger partial charge in [0.25, 0.3) is 0 Å². The zero-order valence-electron chi connectivity index (χ0n) is 5.90. The maximum absolute atomic E-state index is 12.9. The molecule has 0 aromatic heterocycles. The Morgan fingerprint density at radius 2 is 2.18 bits per heavy atom. The minimum absolute atomic E-state index is 0.118.